The quantitative estimate of drug-likeness (QED) is 0.519. The Bertz CT molecular complexity index is 834. The molecule has 1 aliphatic heterocycles. The van der Waals surface area contributed by atoms with Gasteiger partial charge in [-0.2, -0.15) is 26.3 Å². The third-order valence-corrected chi connectivity index (χ3v) is 4.79. The van der Waals surface area contributed by atoms with Crippen molar-refractivity contribution in [3.05, 3.63) is 40.4 Å². The van der Waals surface area contributed by atoms with Gasteiger partial charge in [0.2, 0.25) is 0 Å². The van der Waals surface area contributed by atoms with Crippen molar-refractivity contribution in [1.29, 1.82) is 0 Å². The maximum atomic E-state index is 12.9. The number of rotatable bonds is 3. The summed E-state index contributed by atoms with van der Waals surface area (Å²) in [7, 11) is 0. The molecule has 146 valence electrons. The number of hydrogen-bond acceptors (Lipinski definition) is 5. The van der Waals surface area contributed by atoms with Crippen LogP contribution in [-0.2, 0) is 20.7 Å². The highest BCUT2D eigenvalue weighted by molar-refractivity contribution is 7.13. The predicted octanol–water partition coefficient (Wildman–Crippen LogP) is 4.77. The Morgan fingerprint density at radius 1 is 1.11 bits per heavy atom. The number of carbonyl (C=O) groups is 1. The molecular weight excluding hydrogens is 424 g/mol. The lowest BCUT2D eigenvalue weighted by molar-refractivity contribution is -0.439. The summed E-state index contributed by atoms with van der Waals surface area (Å²) in [6.45, 7) is 0. The summed E-state index contributed by atoms with van der Waals surface area (Å²) in [4.78, 5) is 15.7. The van der Waals surface area contributed by atoms with Gasteiger partial charge in [-0.1, -0.05) is 23.7 Å². The van der Waals surface area contributed by atoms with Crippen molar-refractivity contribution in [3.8, 4) is 10.6 Å². The molecular formula is C15H8ClF6NO3S. The minimum Gasteiger partial charge on any atom is -0.414 e. The summed E-state index contributed by atoms with van der Waals surface area (Å²) in [6.07, 6.45) is -14.6. The number of thiazole rings is 1. The lowest BCUT2D eigenvalue weighted by Gasteiger charge is -2.30. The molecule has 0 aliphatic carbocycles. The molecule has 0 N–H and O–H groups in total. The molecule has 1 unspecified atom stereocenters. The zero-order chi connectivity index (χ0) is 20.0. The Morgan fingerprint density at radius 3 is 2.22 bits per heavy atom. The van der Waals surface area contributed by atoms with Crippen LogP contribution < -0.4 is 0 Å². The maximum absolute atomic E-state index is 12.9. The van der Waals surface area contributed by atoms with Crippen LogP contribution in [0.5, 0.6) is 0 Å². The number of carbonyl (C=O) groups excluding carboxylic acids is 1. The van der Waals surface area contributed by atoms with E-state index in [0.717, 1.165) is 11.3 Å². The molecule has 0 bridgehead atoms. The molecule has 0 radical (unpaired) electrons. The predicted molar refractivity (Wildman–Crippen MR) is 82.1 cm³/mol. The molecule has 3 rings (SSSR count). The van der Waals surface area contributed by atoms with Crippen molar-refractivity contribution in [2.45, 2.75) is 30.7 Å². The number of aromatic nitrogens is 1. The number of ether oxygens (including phenoxy) is 2. The van der Waals surface area contributed by atoms with Crippen LogP contribution in [0.3, 0.4) is 0 Å². The van der Waals surface area contributed by atoms with Crippen molar-refractivity contribution in [2.75, 3.05) is 0 Å². The van der Waals surface area contributed by atoms with Gasteiger partial charge in [0.25, 0.3) is 0 Å². The average molecular weight is 432 g/mol. The standard InChI is InChI=1S/C15H8ClF6NO3S/c16-8-3-1-7(2-4-8)11-23-9(6-27-11)5-10-12(24)26-13(25-10,14(17,18)19)15(20,21)22/h1-4,6,10H,5H2. The summed E-state index contributed by atoms with van der Waals surface area (Å²) < 4.78 is 85.1. The van der Waals surface area contributed by atoms with Crippen molar-refractivity contribution in [3.63, 3.8) is 0 Å². The van der Waals surface area contributed by atoms with Gasteiger partial charge in [-0.15, -0.1) is 11.3 Å². The minimum absolute atomic E-state index is 0.0899. The van der Waals surface area contributed by atoms with E-state index < -0.39 is 36.6 Å². The Balaban J connectivity index is 1.81. The Kier molecular flexibility index (Phi) is 4.89. The molecule has 0 amide bonds. The molecule has 1 fully saturated rings. The lowest BCUT2D eigenvalue weighted by atomic mass is 10.2. The van der Waals surface area contributed by atoms with E-state index in [1.165, 1.54) is 5.38 Å². The third-order valence-electron chi connectivity index (χ3n) is 3.60. The van der Waals surface area contributed by atoms with E-state index in [2.05, 4.69) is 14.5 Å². The Morgan fingerprint density at radius 2 is 1.70 bits per heavy atom. The molecule has 0 spiro atoms. The first-order valence-corrected chi connectivity index (χ1v) is 8.43. The number of alkyl halides is 6. The second kappa shape index (κ2) is 6.64. The largest absolute Gasteiger partial charge is 0.465 e. The van der Waals surface area contributed by atoms with Gasteiger partial charge in [-0.3, -0.25) is 0 Å². The number of halogens is 7. The van der Waals surface area contributed by atoms with Gasteiger partial charge in [-0.05, 0) is 12.1 Å². The molecule has 1 atom stereocenters. The van der Waals surface area contributed by atoms with Gasteiger partial charge in [0.05, 0.1) is 5.69 Å². The molecule has 2 aromatic rings. The smallest absolute Gasteiger partial charge is 0.414 e. The van der Waals surface area contributed by atoms with Crippen molar-refractivity contribution >= 4 is 28.9 Å². The van der Waals surface area contributed by atoms with Crippen LogP contribution >= 0.6 is 22.9 Å². The molecule has 2 heterocycles. The van der Waals surface area contributed by atoms with Crippen LogP contribution in [0.4, 0.5) is 26.3 Å². The van der Waals surface area contributed by atoms with Crippen LogP contribution in [-0.4, -0.2) is 35.2 Å². The first-order valence-electron chi connectivity index (χ1n) is 7.17. The molecule has 12 heteroatoms. The zero-order valence-electron chi connectivity index (χ0n) is 12.9. The third kappa shape index (κ3) is 3.63. The summed E-state index contributed by atoms with van der Waals surface area (Å²) in [6, 6.07) is 6.47. The van der Waals surface area contributed by atoms with E-state index in [-0.39, 0.29) is 5.69 Å². The fraction of sp³-hybridized carbons (Fsp3) is 0.333. The monoisotopic (exact) mass is 431 g/mol. The fourth-order valence-electron chi connectivity index (χ4n) is 2.33. The van der Waals surface area contributed by atoms with E-state index in [0.29, 0.717) is 15.6 Å². The second-order valence-corrected chi connectivity index (χ2v) is 6.79. The summed E-state index contributed by atoms with van der Waals surface area (Å²) >= 11 is 6.86. The molecule has 0 saturated carbocycles. The number of esters is 1. The number of nitrogens with zero attached hydrogens (tertiary/aromatic N) is 1. The van der Waals surface area contributed by atoms with Gasteiger partial charge in [0, 0.05) is 22.4 Å². The first kappa shape index (κ1) is 19.9. The van der Waals surface area contributed by atoms with E-state index >= 15 is 0 Å². The molecule has 1 saturated heterocycles. The van der Waals surface area contributed by atoms with E-state index in [4.69, 9.17) is 11.6 Å². The van der Waals surface area contributed by atoms with E-state index in [9.17, 15) is 31.1 Å². The summed E-state index contributed by atoms with van der Waals surface area (Å²) in [5.74, 6) is -6.73. The van der Waals surface area contributed by atoms with Crippen molar-refractivity contribution in [1.82, 2.24) is 4.98 Å². The van der Waals surface area contributed by atoms with Crippen LogP contribution in [0.2, 0.25) is 5.02 Å². The van der Waals surface area contributed by atoms with Crippen molar-refractivity contribution < 1.29 is 40.6 Å². The maximum Gasteiger partial charge on any atom is 0.465 e. The summed E-state index contributed by atoms with van der Waals surface area (Å²) in [5.41, 5.74) is 0.734. The van der Waals surface area contributed by atoms with Gasteiger partial charge < -0.3 is 9.47 Å². The number of cyclic esters (lactones) is 1. The first-order chi connectivity index (χ1) is 12.4. The zero-order valence-corrected chi connectivity index (χ0v) is 14.5. The number of hydrogen-bond donors (Lipinski definition) is 0. The van der Waals surface area contributed by atoms with E-state index in [1.807, 2.05) is 0 Å². The van der Waals surface area contributed by atoms with Gasteiger partial charge >= 0.3 is 24.1 Å². The Hall–Kier alpha value is -1.85. The highest BCUT2D eigenvalue weighted by Crippen LogP contribution is 2.50. The van der Waals surface area contributed by atoms with Gasteiger partial charge in [-0.25, -0.2) is 9.78 Å². The van der Waals surface area contributed by atoms with E-state index in [1.54, 1.807) is 24.3 Å². The van der Waals surface area contributed by atoms with Gasteiger partial charge in [0.1, 0.15) is 5.01 Å². The SMILES string of the molecule is O=C1OC(C(F)(F)F)(C(F)(F)F)OC1Cc1csc(-c2ccc(Cl)cc2)n1. The van der Waals surface area contributed by atoms with Crippen LogP contribution in [0.15, 0.2) is 29.6 Å². The van der Waals surface area contributed by atoms with Gasteiger partial charge in [0.15, 0.2) is 6.10 Å². The summed E-state index contributed by atoms with van der Waals surface area (Å²) in [5, 5.41) is 2.33. The normalized spacial score (nSPS) is 20.0. The second-order valence-electron chi connectivity index (χ2n) is 5.49. The average Bonchev–Trinajstić information content (AvgIpc) is 3.13. The lowest BCUT2D eigenvalue weighted by Crippen LogP contribution is -2.58. The van der Waals surface area contributed by atoms with Crippen LogP contribution in [0, 0.1) is 0 Å². The molecule has 1 aromatic heterocycles. The molecule has 1 aromatic carbocycles. The Labute approximate surface area is 156 Å². The minimum atomic E-state index is -5.98. The topological polar surface area (TPSA) is 48.4 Å². The van der Waals surface area contributed by atoms with Crippen LogP contribution in [0.1, 0.15) is 5.69 Å². The molecule has 4 nitrogen and oxygen atoms in total. The molecule has 1 aliphatic rings. The van der Waals surface area contributed by atoms with Crippen molar-refractivity contribution in [2.24, 2.45) is 0 Å². The number of benzene rings is 1. The fourth-order valence-corrected chi connectivity index (χ4v) is 3.30. The molecule has 27 heavy (non-hydrogen) atoms. The highest BCUT2D eigenvalue weighted by Gasteiger charge is 2.80. The highest BCUT2D eigenvalue weighted by atomic mass is 35.5. The van der Waals surface area contributed by atoms with Crippen LogP contribution in [0.25, 0.3) is 10.6 Å².